The van der Waals surface area contributed by atoms with Gasteiger partial charge in [0.05, 0.1) is 30.3 Å². The van der Waals surface area contributed by atoms with Crippen LogP contribution in [0, 0.1) is 17.8 Å². The van der Waals surface area contributed by atoms with Crippen LogP contribution in [0.15, 0.2) is 59.5 Å². The summed E-state index contributed by atoms with van der Waals surface area (Å²) in [5.41, 5.74) is 0.896. The van der Waals surface area contributed by atoms with E-state index in [0.29, 0.717) is 30.4 Å². The lowest BCUT2D eigenvalue weighted by Crippen LogP contribution is -2.51. The number of sulfonamides is 1. The molecule has 2 aliphatic heterocycles. The highest BCUT2D eigenvalue weighted by atomic mass is 32.2. The van der Waals surface area contributed by atoms with E-state index < -0.39 is 28.3 Å². The van der Waals surface area contributed by atoms with Crippen LogP contribution in [0.5, 0.6) is 5.75 Å². The van der Waals surface area contributed by atoms with Gasteiger partial charge in [0.25, 0.3) is 0 Å². The first-order valence-corrected chi connectivity index (χ1v) is 16.7. The summed E-state index contributed by atoms with van der Waals surface area (Å²) < 4.78 is 51.6. The molecule has 3 fully saturated rings. The van der Waals surface area contributed by atoms with E-state index >= 15 is 0 Å². The molecule has 1 amide bonds. The van der Waals surface area contributed by atoms with E-state index in [1.807, 2.05) is 44.2 Å². The fraction of sp³-hybridized carbons (Fsp3) is 0.594. The Labute approximate surface area is 254 Å². The fourth-order valence-electron chi connectivity index (χ4n) is 6.59. The highest BCUT2D eigenvalue weighted by Crippen LogP contribution is 2.47. The third-order valence-corrected chi connectivity index (χ3v) is 10.5. The Morgan fingerprint density at radius 3 is 2.51 bits per heavy atom. The second-order valence-electron chi connectivity index (χ2n) is 12.3. The maximum Gasteiger partial charge on any atom is 0.407 e. The lowest BCUT2D eigenvalue weighted by Gasteiger charge is -2.31. The largest absolute Gasteiger partial charge is 0.497 e. The van der Waals surface area contributed by atoms with Crippen LogP contribution >= 0.6 is 0 Å². The molecule has 5 rings (SSSR count). The zero-order chi connectivity index (χ0) is 30.6. The minimum absolute atomic E-state index is 0.00363. The van der Waals surface area contributed by atoms with Crippen molar-refractivity contribution in [3.63, 3.8) is 0 Å². The van der Waals surface area contributed by atoms with Crippen LogP contribution in [-0.2, 0) is 30.7 Å². The summed E-state index contributed by atoms with van der Waals surface area (Å²) in [4.78, 5) is 13.3. The first-order chi connectivity index (χ1) is 20.6. The molecule has 0 spiro atoms. The molecule has 2 heterocycles. The molecule has 7 atom stereocenters. The van der Waals surface area contributed by atoms with Crippen LogP contribution in [0.4, 0.5) is 4.79 Å². The van der Waals surface area contributed by atoms with Crippen LogP contribution in [0.3, 0.4) is 0 Å². The highest BCUT2D eigenvalue weighted by Gasteiger charge is 2.52. The van der Waals surface area contributed by atoms with Gasteiger partial charge in [-0.15, -0.1) is 0 Å². The Morgan fingerprint density at radius 2 is 1.81 bits per heavy atom. The number of rotatable bonds is 12. The second kappa shape index (κ2) is 13.9. The van der Waals surface area contributed by atoms with E-state index in [4.69, 9.17) is 18.9 Å². The number of methoxy groups -OCH3 is 1. The maximum atomic E-state index is 13.7. The molecular formula is C32H44N2O8S. The third-order valence-electron chi connectivity index (χ3n) is 8.68. The zero-order valence-corrected chi connectivity index (χ0v) is 25.9. The SMILES string of the molecule is COc1ccc(S(=O)(=O)N(CC(C)C)C[C@@H](O)[C@H](Cc2ccccc2)NC(=O)O[C@@H]2C[C@@H]3OC4OCCCC4[C@@H]3C2)cc1. The molecule has 2 N–H and O–H groups in total. The van der Waals surface area contributed by atoms with Crippen molar-refractivity contribution in [2.75, 3.05) is 26.8 Å². The quantitative estimate of drug-likeness (QED) is 0.367. The Morgan fingerprint density at radius 1 is 1.07 bits per heavy atom. The standard InChI is InChI=1S/C32H44N2O8S/c1-21(2)19-34(43(37,38)25-13-11-23(39-3)12-14-25)20-29(35)28(16-22-8-5-4-6-9-22)33-32(36)41-24-17-27-26-10-7-15-40-31(26)42-30(27)18-24/h4-6,8-9,11-14,21,24,26-31,35H,7,10,15-20H2,1-3H3,(H,33,36)/t24-,26?,27-,28-,29+,30-,31?/m0/s1. The normalized spacial score (nSPS) is 26.5. The van der Waals surface area contributed by atoms with Crippen LogP contribution in [0.25, 0.3) is 0 Å². The van der Waals surface area contributed by atoms with Crippen molar-refractivity contribution in [1.82, 2.24) is 9.62 Å². The van der Waals surface area contributed by atoms with Gasteiger partial charge in [-0.05, 0) is 67.3 Å². The summed E-state index contributed by atoms with van der Waals surface area (Å²) in [7, 11) is -2.42. The van der Waals surface area contributed by atoms with Crippen molar-refractivity contribution in [1.29, 1.82) is 0 Å². The first kappa shape index (κ1) is 31.7. The van der Waals surface area contributed by atoms with Gasteiger partial charge in [0.15, 0.2) is 6.29 Å². The van der Waals surface area contributed by atoms with Gasteiger partial charge in [-0.3, -0.25) is 0 Å². The minimum Gasteiger partial charge on any atom is -0.497 e. The number of carbonyl (C=O) groups excluding carboxylic acids is 1. The molecule has 0 aromatic heterocycles. The highest BCUT2D eigenvalue weighted by molar-refractivity contribution is 7.89. The van der Waals surface area contributed by atoms with E-state index in [9.17, 15) is 18.3 Å². The van der Waals surface area contributed by atoms with Crippen LogP contribution in [0.2, 0.25) is 0 Å². The number of amides is 1. The number of hydrogen-bond acceptors (Lipinski definition) is 8. The van der Waals surface area contributed by atoms with E-state index in [1.165, 1.54) is 23.5 Å². The van der Waals surface area contributed by atoms with Crippen LogP contribution < -0.4 is 10.1 Å². The molecule has 2 unspecified atom stereocenters. The van der Waals surface area contributed by atoms with Gasteiger partial charge >= 0.3 is 6.09 Å². The molecule has 11 heteroatoms. The number of ether oxygens (including phenoxy) is 4. The Bertz CT molecular complexity index is 1310. The number of nitrogens with one attached hydrogen (secondary N) is 1. The summed E-state index contributed by atoms with van der Waals surface area (Å²) in [6.45, 7) is 4.56. The molecule has 1 aliphatic carbocycles. The lowest BCUT2D eigenvalue weighted by atomic mass is 9.86. The summed E-state index contributed by atoms with van der Waals surface area (Å²) in [5, 5.41) is 14.4. The predicted octanol–water partition coefficient (Wildman–Crippen LogP) is 3.97. The average molecular weight is 617 g/mol. The van der Waals surface area contributed by atoms with E-state index in [0.717, 1.165) is 31.4 Å². The summed E-state index contributed by atoms with van der Waals surface area (Å²) in [6.07, 6.45) is 1.45. The maximum absolute atomic E-state index is 13.7. The molecule has 236 valence electrons. The van der Waals surface area contributed by atoms with E-state index in [1.54, 1.807) is 12.1 Å². The van der Waals surface area contributed by atoms with Gasteiger partial charge in [0, 0.05) is 32.0 Å². The molecule has 2 aromatic rings. The van der Waals surface area contributed by atoms with Crippen molar-refractivity contribution >= 4 is 16.1 Å². The number of aliphatic hydroxyl groups is 1. The van der Waals surface area contributed by atoms with Gasteiger partial charge in [0.1, 0.15) is 11.9 Å². The molecule has 10 nitrogen and oxygen atoms in total. The summed E-state index contributed by atoms with van der Waals surface area (Å²) >= 11 is 0. The minimum atomic E-state index is -3.94. The number of carbonyl (C=O) groups is 1. The monoisotopic (exact) mass is 616 g/mol. The fourth-order valence-corrected chi connectivity index (χ4v) is 8.22. The molecule has 3 aliphatic rings. The van der Waals surface area contributed by atoms with Gasteiger partial charge in [-0.25, -0.2) is 13.2 Å². The summed E-state index contributed by atoms with van der Waals surface area (Å²) in [5.74, 6) is 1.19. The predicted molar refractivity (Wildman–Crippen MR) is 160 cm³/mol. The van der Waals surface area contributed by atoms with Gasteiger partial charge in [0.2, 0.25) is 10.0 Å². The Hall–Kier alpha value is -2.70. The second-order valence-corrected chi connectivity index (χ2v) is 14.2. The molecule has 2 saturated heterocycles. The number of aliphatic hydroxyl groups excluding tert-OH is 1. The topological polar surface area (TPSA) is 124 Å². The van der Waals surface area contributed by atoms with Crippen molar-refractivity contribution < 1.29 is 37.3 Å². The zero-order valence-electron chi connectivity index (χ0n) is 25.1. The number of benzene rings is 2. The number of fused-ring (bicyclic) bond motifs is 3. The number of nitrogens with zero attached hydrogens (tertiary/aromatic N) is 1. The van der Waals surface area contributed by atoms with Crippen LogP contribution in [-0.4, -0.2) is 81.4 Å². The van der Waals surface area contributed by atoms with Gasteiger partial charge in [-0.2, -0.15) is 4.31 Å². The van der Waals surface area contributed by atoms with E-state index in [2.05, 4.69) is 5.32 Å². The van der Waals surface area contributed by atoms with Crippen molar-refractivity contribution in [2.24, 2.45) is 17.8 Å². The van der Waals surface area contributed by atoms with Crippen LogP contribution in [0.1, 0.15) is 45.1 Å². The first-order valence-electron chi connectivity index (χ1n) is 15.2. The van der Waals surface area contributed by atoms with Crippen molar-refractivity contribution in [3.8, 4) is 5.75 Å². The molecule has 1 saturated carbocycles. The summed E-state index contributed by atoms with van der Waals surface area (Å²) in [6, 6.07) is 14.9. The third kappa shape index (κ3) is 7.69. The number of hydrogen-bond donors (Lipinski definition) is 2. The van der Waals surface area contributed by atoms with Crippen molar-refractivity contribution in [3.05, 3.63) is 60.2 Å². The van der Waals surface area contributed by atoms with Gasteiger partial charge in [-0.1, -0.05) is 44.2 Å². The molecule has 2 aromatic carbocycles. The molecular weight excluding hydrogens is 572 g/mol. The average Bonchev–Trinajstić information content (AvgIpc) is 3.54. The molecule has 43 heavy (non-hydrogen) atoms. The number of alkyl carbamates (subject to hydrolysis) is 1. The van der Waals surface area contributed by atoms with Gasteiger partial charge < -0.3 is 29.4 Å². The smallest absolute Gasteiger partial charge is 0.407 e. The Balaban J connectivity index is 1.27. The molecule has 0 radical (unpaired) electrons. The lowest BCUT2D eigenvalue weighted by molar-refractivity contribution is -0.170. The molecule has 0 bridgehead atoms. The van der Waals surface area contributed by atoms with E-state index in [-0.39, 0.29) is 42.4 Å². The Kier molecular flexibility index (Phi) is 10.3. The van der Waals surface area contributed by atoms with Crippen molar-refractivity contribution in [2.45, 2.75) is 81.5 Å².